The topological polar surface area (TPSA) is 27.7 Å². The molecule has 0 aromatic heterocycles. The van der Waals surface area contributed by atoms with E-state index in [1.165, 1.54) is 0 Å². The van der Waals surface area contributed by atoms with Gasteiger partial charge in [0.25, 0.3) is 0 Å². The molecule has 0 heterocycles. The summed E-state index contributed by atoms with van der Waals surface area (Å²) in [6.45, 7) is 0. The fourth-order valence-electron chi connectivity index (χ4n) is 2.14. The minimum atomic E-state index is 0.804. The van der Waals surface area contributed by atoms with Crippen molar-refractivity contribution in [1.82, 2.24) is 0 Å². The van der Waals surface area contributed by atoms with Crippen LogP contribution in [0.1, 0.15) is 11.1 Å². The lowest BCUT2D eigenvalue weighted by Crippen LogP contribution is -1.89. The van der Waals surface area contributed by atoms with E-state index in [1.807, 2.05) is 78.9 Å². The van der Waals surface area contributed by atoms with E-state index in [0.29, 0.717) is 0 Å². The van der Waals surface area contributed by atoms with Crippen LogP contribution in [0.4, 0.5) is 0 Å². The minimum absolute atomic E-state index is 0.804. The summed E-state index contributed by atoms with van der Waals surface area (Å²) in [6, 6.07) is 13.6. The highest BCUT2D eigenvalue weighted by atomic mass is 16.5. The van der Waals surface area contributed by atoms with E-state index in [0.717, 1.165) is 28.4 Å². The highest BCUT2D eigenvalue weighted by Gasteiger charge is 2.00. The highest BCUT2D eigenvalue weighted by Crippen LogP contribution is 2.25. The Morgan fingerprint density at radius 1 is 0.625 bits per heavy atom. The van der Waals surface area contributed by atoms with Crippen molar-refractivity contribution in [2.75, 3.05) is 21.3 Å². The standard InChI is InChI=1S/C21H22O3/c1-22-19-12-10-17(11-13-19)8-6-4-5-7-9-18-16-20(23-2)14-15-21(18)24-3/h4-16H,1-3H3/b5-4+,8-6+,9-7+. The second-order valence-electron chi connectivity index (χ2n) is 4.98. The average molecular weight is 322 g/mol. The lowest BCUT2D eigenvalue weighted by atomic mass is 10.1. The van der Waals surface area contributed by atoms with Gasteiger partial charge in [-0.05, 0) is 35.9 Å². The fraction of sp³-hybridized carbons (Fsp3) is 0.143. The van der Waals surface area contributed by atoms with Gasteiger partial charge in [0.15, 0.2) is 0 Å². The first kappa shape index (κ1) is 17.4. The Balaban J connectivity index is 1.97. The van der Waals surface area contributed by atoms with Crippen molar-refractivity contribution in [2.45, 2.75) is 0 Å². The van der Waals surface area contributed by atoms with Crippen molar-refractivity contribution in [1.29, 1.82) is 0 Å². The van der Waals surface area contributed by atoms with Gasteiger partial charge in [0.05, 0.1) is 21.3 Å². The molecule has 0 saturated heterocycles. The third-order valence-corrected chi connectivity index (χ3v) is 3.45. The summed E-state index contributed by atoms with van der Waals surface area (Å²) >= 11 is 0. The molecule has 0 fully saturated rings. The molecule has 3 heteroatoms. The van der Waals surface area contributed by atoms with E-state index in [-0.39, 0.29) is 0 Å². The van der Waals surface area contributed by atoms with Gasteiger partial charge in [0, 0.05) is 5.56 Å². The Kier molecular flexibility index (Phi) is 6.72. The Morgan fingerprint density at radius 3 is 1.88 bits per heavy atom. The van der Waals surface area contributed by atoms with Crippen LogP contribution in [-0.2, 0) is 0 Å². The summed E-state index contributed by atoms with van der Waals surface area (Å²) in [5.74, 6) is 2.48. The molecule has 0 aliphatic carbocycles. The van der Waals surface area contributed by atoms with Crippen molar-refractivity contribution in [2.24, 2.45) is 0 Å². The summed E-state index contributed by atoms with van der Waals surface area (Å²) in [6.07, 6.45) is 11.9. The Labute approximate surface area is 143 Å². The molecule has 124 valence electrons. The zero-order valence-corrected chi connectivity index (χ0v) is 14.2. The van der Waals surface area contributed by atoms with Crippen molar-refractivity contribution < 1.29 is 14.2 Å². The molecule has 0 amide bonds. The molecule has 0 spiro atoms. The van der Waals surface area contributed by atoms with Crippen molar-refractivity contribution in [3.8, 4) is 17.2 Å². The maximum atomic E-state index is 5.34. The van der Waals surface area contributed by atoms with Gasteiger partial charge in [-0.3, -0.25) is 0 Å². The number of methoxy groups -OCH3 is 3. The molecule has 0 radical (unpaired) electrons. The molecule has 0 bridgehead atoms. The first-order valence-electron chi connectivity index (χ1n) is 7.64. The normalized spacial score (nSPS) is 11.5. The number of hydrogen-bond acceptors (Lipinski definition) is 3. The number of hydrogen-bond donors (Lipinski definition) is 0. The summed E-state index contributed by atoms with van der Waals surface area (Å²) < 4.78 is 15.7. The second kappa shape index (κ2) is 9.26. The molecule has 2 aromatic carbocycles. The number of benzene rings is 2. The van der Waals surface area contributed by atoms with Gasteiger partial charge in [0.2, 0.25) is 0 Å². The lowest BCUT2D eigenvalue weighted by molar-refractivity contribution is 0.402. The first-order valence-corrected chi connectivity index (χ1v) is 7.64. The van der Waals surface area contributed by atoms with Crippen molar-refractivity contribution >= 4 is 12.2 Å². The third kappa shape index (κ3) is 5.06. The zero-order chi connectivity index (χ0) is 17.2. The van der Waals surface area contributed by atoms with E-state index in [9.17, 15) is 0 Å². The largest absolute Gasteiger partial charge is 0.497 e. The van der Waals surface area contributed by atoms with Gasteiger partial charge in [-0.15, -0.1) is 0 Å². The SMILES string of the molecule is COc1ccc(/C=C/C=C/C=C/c2cc(OC)ccc2OC)cc1. The molecule has 2 rings (SSSR count). The van der Waals surface area contributed by atoms with Gasteiger partial charge in [-0.1, -0.05) is 48.6 Å². The Hall–Kier alpha value is -2.94. The molecule has 0 saturated carbocycles. The van der Waals surface area contributed by atoms with Crippen LogP contribution in [0.25, 0.3) is 12.2 Å². The highest BCUT2D eigenvalue weighted by molar-refractivity contribution is 5.61. The Bertz CT molecular complexity index is 725. The monoisotopic (exact) mass is 322 g/mol. The maximum absolute atomic E-state index is 5.34. The number of allylic oxidation sites excluding steroid dienone is 4. The Morgan fingerprint density at radius 2 is 1.25 bits per heavy atom. The third-order valence-electron chi connectivity index (χ3n) is 3.45. The number of rotatable bonds is 7. The van der Waals surface area contributed by atoms with Gasteiger partial charge < -0.3 is 14.2 Å². The van der Waals surface area contributed by atoms with Crippen LogP contribution in [-0.4, -0.2) is 21.3 Å². The van der Waals surface area contributed by atoms with Crippen LogP contribution < -0.4 is 14.2 Å². The molecule has 0 atom stereocenters. The zero-order valence-electron chi connectivity index (χ0n) is 14.2. The van der Waals surface area contributed by atoms with E-state index < -0.39 is 0 Å². The molecule has 0 aliphatic heterocycles. The molecule has 3 nitrogen and oxygen atoms in total. The summed E-state index contributed by atoms with van der Waals surface area (Å²) in [5, 5.41) is 0. The van der Waals surface area contributed by atoms with Crippen LogP contribution in [0.3, 0.4) is 0 Å². The maximum Gasteiger partial charge on any atom is 0.126 e. The lowest BCUT2D eigenvalue weighted by Gasteiger charge is -2.06. The van der Waals surface area contributed by atoms with E-state index in [1.54, 1.807) is 21.3 Å². The van der Waals surface area contributed by atoms with E-state index >= 15 is 0 Å². The smallest absolute Gasteiger partial charge is 0.126 e. The van der Waals surface area contributed by atoms with Gasteiger partial charge in [-0.2, -0.15) is 0 Å². The van der Waals surface area contributed by atoms with Gasteiger partial charge in [-0.25, -0.2) is 0 Å². The molecule has 0 unspecified atom stereocenters. The molecule has 2 aromatic rings. The molecule has 0 aliphatic rings. The second-order valence-corrected chi connectivity index (χ2v) is 4.98. The van der Waals surface area contributed by atoms with Crippen LogP contribution in [0.2, 0.25) is 0 Å². The summed E-state index contributed by atoms with van der Waals surface area (Å²) in [5.41, 5.74) is 2.10. The fourth-order valence-corrected chi connectivity index (χ4v) is 2.14. The van der Waals surface area contributed by atoms with Crippen LogP contribution in [0.15, 0.2) is 66.8 Å². The quantitative estimate of drug-likeness (QED) is 0.672. The first-order chi connectivity index (χ1) is 11.8. The molecular weight excluding hydrogens is 300 g/mol. The van der Waals surface area contributed by atoms with Crippen LogP contribution in [0.5, 0.6) is 17.2 Å². The van der Waals surface area contributed by atoms with E-state index in [2.05, 4.69) is 0 Å². The predicted molar refractivity (Wildman–Crippen MR) is 99.7 cm³/mol. The van der Waals surface area contributed by atoms with Gasteiger partial charge in [0.1, 0.15) is 17.2 Å². The molecular formula is C21H22O3. The summed E-state index contributed by atoms with van der Waals surface area (Å²) in [7, 11) is 4.98. The molecule has 24 heavy (non-hydrogen) atoms. The minimum Gasteiger partial charge on any atom is -0.497 e. The van der Waals surface area contributed by atoms with Crippen molar-refractivity contribution in [3.63, 3.8) is 0 Å². The molecule has 0 N–H and O–H groups in total. The summed E-state index contributed by atoms with van der Waals surface area (Å²) in [4.78, 5) is 0. The van der Waals surface area contributed by atoms with Gasteiger partial charge >= 0.3 is 0 Å². The van der Waals surface area contributed by atoms with Crippen molar-refractivity contribution in [3.05, 3.63) is 77.9 Å². The van der Waals surface area contributed by atoms with Crippen LogP contribution in [0, 0.1) is 0 Å². The number of ether oxygens (including phenoxy) is 3. The van der Waals surface area contributed by atoms with Crippen LogP contribution >= 0.6 is 0 Å². The van der Waals surface area contributed by atoms with E-state index in [4.69, 9.17) is 14.2 Å². The predicted octanol–water partition coefficient (Wildman–Crippen LogP) is 5.00. The average Bonchev–Trinajstić information content (AvgIpc) is 2.64.